The van der Waals surface area contributed by atoms with Gasteiger partial charge in [0.2, 0.25) is 19.7 Å². The molecular formula is C28H24O7S2. The summed E-state index contributed by atoms with van der Waals surface area (Å²) in [4.78, 5) is 0.476. The van der Waals surface area contributed by atoms with E-state index >= 15 is 0 Å². The van der Waals surface area contributed by atoms with Crippen molar-refractivity contribution in [2.24, 2.45) is 0 Å². The van der Waals surface area contributed by atoms with Gasteiger partial charge in [0.1, 0.15) is 35.4 Å². The molecule has 0 aliphatic heterocycles. The molecule has 4 aromatic rings. The Morgan fingerprint density at radius 1 is 0.568 bits per heavy atom. The first kappa shape index (κ1) is 26.0. The monoisotopic (exact) mass is 536 g/mol. The van der Waals surface area contributed by atoms with Crippen LogP contribution < -0.4 is 9.47 Å². The molecule has 9 heteroatoms. The number of hydrogen-bond acceptors (Lipinski definition) is 7. The Kier molecular flexibility index (Phi) is 7.95. The molecule has 0 aromatic heterocycles. The van der Waals surface area contributed by atoms with E-state index < -0.39 is 19.7 Å². The summed E-state index contributed by atoms with van der Waals surface area (Å²) in [6, 6.07) is 26.0. The fraction of sp³-hybridized carbons (Fsp3) is 0.0714. The lowest BCUT2D eigenvalue weighted by atomic mass is 10.3. The lowest BCUT2D eigenvalue weighted by Crippen LogP contribution is -2.06. The summed E-state index contributed by atoms with van der Waals surface area (Å²) in [5.74, 6) is 0.722. The summed E-state index contributed by atoms with van der Waals surface area (Å²) in [5, 5.41) is 9.36. The van der Waals surface area contributed by atoms with Gasteiger partial charge in [0.25, 0.3) is 0 Å². The van der Waals surface area contributed by atoms with Crippen LogP contribution in [0.5, 0.6) is 17.2 Å². The van der Waals surface area contributed by atoms with Crippen molar-refractivity contribution in [2.45, 2.75) is 19.6 Å². The van der Waals surface area contributed by atoms with Crippen LogP contribution in [0, 0.1) is 0 Å². The van der Waals surface area contributed by atoms with E-state index in [4.69, 9.17) is 9.47 Å². The van der Waals surface area contributed by atoms with Crippen LogP contribution in [0.2, 0.25) is 0 Å². The molecule has 0 radical (unpaired) electrons. The number of sulfone groups is 2. The lowest BCUT2D eigenvalue weighted by Gasteiger charge is -2.11. The zero-order valence-electron chi connectivity index (χ0n) is 19.6. The first-order valence-corrected chi connectivity index (χ1v) is 14.2. The molecule has 4 aromatic carbocycles. The molecule has 1 N–H and O–H groups in total. The van der Waals surface area contributed by atoms with E-state index in [0.717, 1.165) is 0 Å². The Hall–Kier alpha value is -4.08. The number of phenols is 1. The normalized spacial score (nSPS) is 11.9. The minimum Gasteiger partial charge on any atom is -0.508 e. The smallest absolute Gasteiger partial charge is 0.210 e. The number of benzene rings is 4. The van der Waals surface area contributed by atoms with Crippen LogP contribution in [-0.2, 0) is 19.7 Å². The highest BCUT2D eigenvalue weighted by Gasteiger charge is 2.21. The van der Waals surface area contributed by atoms with E-state index in [1.807, 2.05) is 0 Å². The predicted molar refractivity (Wildman–Crippen MR) is 138 cm³/mol. The second-order valence-electron chi connectivity index (χ2n) is 7.83. The van der Waals surface area contributed by atoms with E-state index in [-0.39, 0.29) is 44.3 Å². The van der Waals surface area contributed by atoms with E-state index in [1.54, 1.807) is 72.8 Å². The third kappa shape index (κ3) is 6.19. The van der Waals surface area contributed by atoms with Gasteiger partial charge in [0, 0.05) is 0 Å². The van der Waals surface area contributed by atoms with Crippen molar-refractivity contribution >= 4 is 19.7 Å². The predicted octanol–water partition coefficient (Wildman–Crippen LogP) is 5.07. The molecular weight excluding hydrogens is 512 g/mol. The van der Waals surface area contributed by atoms with Gasteiger partial charge in [0.15, 0.2) is 0 Å². The Labute approximate surface area is 216 Å². The molecule has 0 aliphatic carbocycles. The van der Waals surface area contributed by atoms with E-state index in [9.17, 15) is 21.9 Å². The van der Waals surface area contributed by atoms with Gasteiger partial charge in [-0.15, -0.1) is 0 Å². The Morgan fingerprint density at radius 3 is 1.73 bits per heavy atom. The quantitative estimate of drug-likeness (QED) is 0.282. The summed E-state index contributed by atoms with van der Waals surface area (Å²) in [6.45, 7) is 0.339. The van der Waals surface area contributed by atoms with Crippen LogP contribution >= 0.6 is 0 Å². The van der Waals surface area contributed by atoms with Gasteiger partial charge in [-0.25, -0.2) is 16.8 Å². The zero-order valence-corrected chi connectivity index (χ0v) is 21.2. The molecule has 0 saturated heterocycles. The van der Waals surface area contributed by atoms with Gasteiger partial charge < -0.3 is 14.6 Å². The lowest BCUT2D eigenvalue weighted by molar-refractivity contribution is 0.344. The number of hydrogen-bond donors (Lipinski definition) is 1. The van der Waals surface area contributed by atoms with Gasteiger partial charge in [-0.05, 0) is 84.9 Å². The van der Waals surface area contributed by atoms with Crippen molar-refractivity contribution in [1.82, 2.24) is 0 Å². The molecule has 0 atom stereocenters. The molecule has 4 rings (SSSR count). The standard InChI is InChI=1S/C28H24O7S2/c29-22-12-16-25(17-13-22)36(30,31)26-18-14-23(15-19-26)34-20-6-7-21-35-27-10-4-5-11-28(27)37(32,33)24-8-2-1-3-9-24/h1-19,29H,20-21H2. The largest absolute Gasteiger partial charge is 0.508 e. The van der Waals surface area contributed by atoms with Gasteiger partial charge >= 0.3 is 0 Å². The van der Waals surface area contributed by atoms with E-state index in [0.29, 0.717) is 5.75 Å². The van der Waals surface area contributed by atoms with Gasteiger partial charge in [-0.3, -0.25) is 0 Å². The number of rotatable bonds is 10. The highest BCUT2D eigenvalue weighted by atomic mass is 32.2. The average Bonchev–Trinajstić information content (AvgIpc) is 2.92. The van der Waals surface area contributed by atoms with Gasteiger partial charge in [-0.1, -0.05) is 30.3 Å². The van der Waals surface area contributed by atoms with Crippen molar-refractivity contribution in [3.05, 3.63) is 115 Å². The van der Waals surface area contributed by atoms with Crippen LogP contribution in [-0.4, -0.2) is 35.2 Å². The Bertz CT molecular complexity index is 1580. The summed E-state index contributed by atoms with van der Waals surface area (Å²) in [6.07, 6.45) is 3.42. The number of phenolic OH excluding ortho intramolecular Hbond substituents is 1. The Morgan fingerprint density at radius 2 is 1.08 bits per heavy atom. The molecule has 0 amide bonds. The third-order valence-corrected chi connectivity index (χ3v) is 8.92. The molecule has 7 nitrogen and oxygen atoms in total. The molecule has 0 aliphatic rings. The summed E-state index contributed by atoms with van der Waals surface area (Å²) >= 11 is 0. The van der Waals surface area contributed by atoms with Crippen molar-refractivity contribution in [2.75, 3.05) is 13.2 Å². The highest BCUT2D eigenvalue weighted by molar-refractivity contribution is 7.91. The highest BCUT2D eigenvalue weighted by Crippen LogP contribution is 2.29. The van der Waals surface area contributed by atoms with Crippen molar-refractivity contribution < 1.29 is 31.4 Å². The third-order valence-electron chi connectivity index (χ3n) is 5.32. The van der Waals surface area contributed by atoms with Crippen LogP contribution in [0.3, 0.4) is 0 Å². The average molecular weight is 537 g/mol. The maximum Gasteiger partial charge on any atom is 0.210 e. The van der Waals surface area contributed by atoms with E-state index in [2.05, 4.69) is 0 Å². The minimum absolute atomic E-state index is 0.0115. The molecule has 0 heterocycles. The van der Waals surface area contributed by atoms with Gasteiger partial charge in [-0.2, -0.15) is 0 Å². The van der Waals surface area contributed by atoms with Crippen molar-refractivity contribution in [3.8, 4) is 17.2 Å². The molecule has 190 valence electrons. The number of ether oxygens (including phenoxy) is 2. The van der Waals surface area contributed by atoms with Crippen LogP contribution in [0.25, 0.3) is 0 Å². The van der Waals surface area contributed by atoms with Crippen molar-refractivity contribution in [1.29, 1.82) is 0 Å². The number of aromatic hydroxyl groups is 1. The topological polar surface area (TPSA) is 107 Å². The van der Waals surface area contributed by atoms with Crippen LogP contribution in [0.1, 0.15) is 0 Å². The van der Waals surface area contributed by atoms with Crippen LogP contribution in [0.15, 0.2) is 135 Å². The molecule has 37 heavy (non-hydrogen) atoms. The van der Waals surface area contributed by atoms with Gasteiger partial charge in [0.05, 0.1) is 14.7 Å². The first-order chi connectivity index (χ1) is 17.8. The first-order valence-electron chi connectivity index (χ1n) is 11.2. The maximum absolute atomic E-state index is 13.0. The molecule has 0 saturated carbocycles. The zero-order chi connectivity index (χ0) is 26.3. The maximum atomic E-state index is 13.0. The second kappa shape index (κ2) is 11.3. The second-order valence-corrected chi connectivity index (χ2v) is 11.7. The molecule has 0 spiro atoms. The summed E-state index contributed by atoms with van der Waals surface area (Å²) < 4.78 is 62.6. The summed E-state index contributed by atoms with van der Waals surface area (Å²) in [5.41, 5.74) is 0. The fourth-order valence-corrected chi connectivity index (χ4v) is 6.09. The molecule has 0 unspecified atom stereocenters. The summed E-state index contributed by atoms with van der Waals surface area (Å²) in [7, 11) is -7.42. The van der Waals surface area contributed by atoms with Crippen molar-refractivity contribution in [3.63, 3.8) is 0 Å². The number of para-hydroxylation sites is 1. The van der Waals surface area contributed by atoms with Crippen LogP contribution in [0.4, 0.5) is 0 Å². The minimum atomic E-state index is -3.71. The van der Waals surface area contributed by atoms with E-state index in [1.165, 1.54) is 42.5 Å². The molecule has 0 fully saturated rings. The fourth-order valence-electron chi connectivity index (χ4n) is 3.41. The molecule has 0 bridgehead atoms. The SMILES string of the molecule is O=S(=O)(c1ccc(O)cc1)c1ccc(OCC=CCOc2ccccc2S(=O)(=O)c2ccccc2)cc1. The Balaban J connectivity index is 1.32.